The number of nitrogens with one attached hydrogen (secondary N) is 1. The molecule has 5 aromatic rings. The highest BCUT2D eigenvalue weighted by Crippen LogP contribution is 2.38. The Hall–Kier alpha value is -3.76. The van der Waals surface area contributed by atoms with Crippen molar-refractivity contribution in [3.8, 4) is 0 Å². The minimum Gasteiger partial charge on any atom is -0.445 e. The number of halogens is 3. The number of hydrogen-bond acceptors (Lipinski definition) is 7. The predicted molar refractivity (Wildman–Crippen MR) is 203 cm³/mol. The van der Waals surface area contributed by atoms with E-state index in [1.807, 2.05) is 152 Å². The van der Waals surface area contributed by atoms with Crippen LogP contribution in [0.5, 0.6) is 0 Å². The second kappa shape index (κ2) is 18.8. The summed E-state index contributed by atoms with van der Waals surface area (Å²) in [5.74, 6) is -0.624. The fourth-order valence-corrected chi connectivity index (χ4v) is 6.12. The van der Waals surface area contributed by atoms with E-state index >= 15 is 0 Å². The van der Waals surface area contributed by atoms with Crippen LogP contribution in [0.25, 0.3) is 0 Å². The standard InChI is InChI=1S/C42H40Cl3NO6/c43-42(44,45)41(46)52-40-39(51-36(33-22-12-4-13-23-33)34-24-14-5-15-25-34)38(49-28-32-20-10-3-11-21-32)37(48-27-31-18-8-2-9-19-31)35(50-40)29-47-26-30-16-6-1-7-17-30/h1-25,35-40,46H,26-29H2/t35-,37-,38+,39+,40-/m1/s1. The van der Waals surface area contributed by atoms with Crippen molar-refractivity contribution < 1.29 is 28.4 Å². The molecule has 0 unspecified atom stereocenters. The fourth-order valence-electron chi connectivity index (χ4n) is 5.99. The first-order valence-corrected chi connectivity index (χ1v) is 18.1. The first kappa shape index (κ1) is 38.0. The van der Waals surface area contributed by atoms with Crippen molar-refractivity contribution >= 4 is 40.7 Å². The molecule has 0 spiro atoms. The Kier molecular flexibility index (Phi) is 13.8. The van der Waals surface area contributed by atoms with Crippen LogP contribution in [0.4, 0.5) is 0 Å². The normalized spacial score (nSPS) is 20.4. The summed E-state index contributed by atoms with van der Waals surface area (Å²) in [7, 11) is 0. The summed E-state index contributed by atoms with van der Waals surface area (Å²) in [6, 6.07) is 49.2. The lowest BCUT2D eigenvalue weighted by molar-refractivity contribution is -0.316. The van der Waals surface area contributed by atoms with Crippen LogP contribution >= 0.6 is 34.8 Å². The van der Waals surface area contributed by atoms with Gasteiger partial charge >= 0.3 is 0 Å². The van der Waals surface area contributed by atoms with Crippen LogP contribution in [0.1, 0.15) is 33.9 Å². The molecule has 270 valence electrons. The van der Waals surface area contributed by atoms with Crippen molar-refractivity contribution in [1.29, 1.82) is 5.41 Å². The molecule has 7 nitrogen and oxygen atoms in total. The van der Waals surface area contributed by atoms with Crippen molar-refractivity contribution in [3.05, 3.63) is 179 Å². The van der Waals surface area contributed by atoms with Crippen molar-refractivity contribution in [1.82, 2.24) is 0 Å². The van der Waals surface area contributed by atoms with Gasteiger partial charge in [0.25, 0.3) is 3.79 Å². The van der Waals surface area contributed by atoms with E-state index in [1.54, 1.807) is 0 Å². The van der Waals surface area contributed by atoms with E-state index in [0.717, 1.165) is 27.8 Å². The van der Waals surface area contributed by atoms with Gasteiger partial charge in [-0.3, -0.25) is 5.41 Å². The molecule has 1 aliphatic heterocycles. The molecular weight excluding hydrogens is 721 g/mol. The second-order valence-electron chi connectivity index (χ2n) is 12.3. The minimum absolute atomic E-state index is 0.105. The van der Waals surface area contributed by atoms with Crippen LogP contribution in [0.2, 0.25) is 0 Å². The van der Waals surface area contributed by atoms with Crippen molar-refractivity contribution in [2.45, 2.75) is 60.4 Å². The maximum absolute atomic E-state index is 8.58. The first-order valence-electron chi connectivity index (χ1n) is 17.0. The Morgan fingerprint density at radius 1 is 0.577 bits per heavy atom. The summed E-state index contributed by atoms with van der Waals surface area (Å²) >= 11 is 18.5. The molecule has 52 heavy (non-hydrogen) atoms. The van der Waals surface area contributed by atoms with Crippen LogP contribution < -0.4 is 0 Å². The van der Waals surface area contributed by atoms with E-state index in [1.165, 1.54) is 0 Å². The zero-order valence-corrected chi connectivity index (χ0v) is 30.6. The third kappa shape index (κ3) is 10.7. The van der Waals surface area contributed by atoms with Gasteiger partial charge in [-0.05, 0) is 27.8 Å². The van der Waals surface area contributed by atoms with Crippen molar-refractivity contribution in [2.75, 3.05) is 6.61 Å². The summed E-state index contributed by atoms with van der Waals surface area (Å²) in [6.07, 6.45) is -5.13. The van der Waals surface area contributed by atoms with E-state index in [2.05, 4.69) is 0 Å². The molecule has 0 bridgehead atoms. The Bertz CT molecular complexity index is 1740. The first-order chi connectivity index (χ1) is 25.3. The lowest BCUT2D eigenvalue weighted by Crippen LogP contribution is -2.62. The average Bonchev–Trinajstić information content (AvgIpc) is 3.17. The van der Waals surface area contributed by atoms with Gasteiger partial charge in [0, 0.05) is 0 Å². The molecule has 0 saturated carbocycles. The van der Waals surface area contributed by atoms with Crippen LogP contribution in [0, 0.1) is 5.41 Å². The summed E-state index contributed by atoms with van der Waals surface area (Å²) in [4.78, 5) is 0. The van der Waals surface area contributed by atoms with E-state index in [0.29, 0.717) is 6.61 Å². The summed E-state index contributed by atoms with van der Waals surface area (Å²) in [5, 5.41) is 8.58. The van der Waals surface area contributed by atoms with E-state index in [-0.39, 0.29) is 19.8 Å². The zero-order chi connectivity index (χ0) is 36.2. The Morgan fingerprint density at radius 2 is 1.00 bits per heavy atom. The molecule has 1 N–H and O–H groups in total. The molecule has 1 aliphatic rings. The SMILES string of the molecule is N=C(O[C@H]1O[C@H](COCc2ccccc2)[C@@H](OCc2ccccc2)[C@H](OCc2ccccc2)[C@@H]1OC(c1ccccc1)c1ccccc1)C(Cl)(Cl)Cl. The monoisotopic (exact) mass is 759 g/mol. The van der Waals surface area contributed by atoms with E-state index in [4.69, 9.17) is 68.6 Å². The van der Waals surface area contributed by atoms with Gasteiger partial charge < -0.3 is 28.4 Å². The molecule has 0 amide bonds. The maximum Gasteiger partial charge on any atom is 0.265 e. The minimum atomic E-state index is -2.16. The Balaban J connectivity index is 1.40. The van der Waals surface area contributed by atoms with E-state index in [9.17, 15) is 0 Å². The molecule has 0 aromatic heterocycles. The molecule has 5 atom stereocenters. The highest BCUT2D eigenvalue weighted by Gasteiger charge is 2.52. The van der Waals surface area contributed by atoms with Gasteiger partial charge in [0.2, 0.25) is 12.2 Å². The zero-order valence-electron chi connectivity index (χ0n) is 28.3. The molecule has 5 aromatic carbocycles. The van der Waals surface area contributed by atoms with Gasteiger partial charge in [0.1, 0.15) is 30.5 Å². The summed E-state index contributed by atoms with van der Waals surface area (Å²) in [6.45, 7) is 0.928. The van der Waals surface area contributed by atoms with Gasteiger partial charge in [-0.2, -0.15) is 0 Å². The molecule has 0 aliphatic carbocycles. The average molecular weight is 761 g/mol. The number of alkyl halides is 3. The lowest BCUT2D eigenvalue weighted by Gasteiger charge is -2.46. The van der Waals surface area contributed by atoms with E-state index < -0.39 is 46.5 Å². The molecular formula is C42H40Cl3NO6. The van der Waals surface area contributed by atoms with Crippen LogP contribution in [0.3, 0.4) is 0 Å². The molecule has 1 fully saturated rings. The molecule has 6 rings (SSSR count). The molecule has 10 heteroatoms. The molecule has 1 heterocycles. The van der Waals surface area contributed by atoms with Gasteiger partial charge in [0.15, 0.2) is 0 Å². The maximum atomic E-state index is 8.58. The van der Waals surface area contributed by atoms with Crippen LogP contribution in [-0.2, 0) is 48.2 Å². The second-order valence-corrected chi connectivity index (χ2v) is 14.6. The van der Waals surface area contributed by atoms with Gasteiger partial charge in [-0.15, -0.1) is 0 Å². The van der Waals surface area contributed by atoms with Crippen LogP contribution in [0.15, 0.2) is 152 Å². The summed E-state index contributed by atoms with van der Waals surface area (Å²) in [5.41, 5.74) is 4.69. The number of ether oxygens (including phenoxy) is 6. The lowest BCUT2D eigenvalue weighted by atomic mass is 9.96. The third-order valence-corrected chi connectivity index (χ3v) is 9.06. The number of rotatable bonds is 15. The topological polar surface area (TPSA) is 79.2 Å². The largest absolute Gasteiger partial charge is 0.445 e. The summed E-state index contributed by atoms with van der Waals surface area (Å²) < 4.78 is 37.4. The highest BCUT2D eigenvalue weighted by molar-refractivity contribution is 6.76. The highest BCUT2D eigenvalue weighted by atomic mass is 35.6. The Morgan fingerprint density at radius 3 is 1.46 bits per heavy atom. The smallest absolute Gasteiger partial charge is 0.265 e. The number of hydrogen-bond donors (Lipinski definition) is 1. The van der Waals surface area contributed by atoms with Crippen LogP contribution in [-0.4, -0.2) is 47.0 Å². The molecule has 0 radical (unpaired) electrons. The molecule has 1 saturated heterocycles. The van der Waals surface area contributed by atoms with Gasteiger partial charge in [-0.25, -0.2) is 0 Å². The van der Waals surface area contributed by atoms with Crippen molar-refractivity contribution in [2.24, 2.45) is 0 Å². The van der Waals surface area contributed by atoms with Gasteiger partial charge in [0.05, 0.1) is 26.4 Å². The van der Waals surface area contributed by atoms with Gasteiger partial charge in [-0.1, -0.05) is 186 Å². The predicted octanol–water partition coefficient (Wildman–Crippen LogP) is 9.64. The third-order valence-electron chi connectivity index (χ3n) is 8.54. The quantitative estimate of drug-likeness (QED) is 0.0651. The number of benzene rings is 5. The fraction of sp³-hybridized carbons (Fsp3) is 0.262. The Labute approximate surface area is 319 Å². The van der Waals surface area contributed by atoms with Crippen molar-refractivity contribution in [3.63, 3.8) is 0 Å².